The van der Waals surface area contributed by atoms with E-state index in [0.717, 1.165) is 16.0 Å². The normalized spacial score (nSPS) is 12.0. The van der Waals surface area contributed by atoms with Crippen molar-refractivity contribution in [2.45, 2.75) is 9.79 Å². The van der Waals surface area contributed by atoms with Gasteiger partial charge in [0, 0.05) is 21.0 Å². The lowest BCUT2D eigenvalue weighted by atomic mass is 10.0. The molecule has 0 saturated heterocycles. The Morgan fingerprint density at radius 1 is 0.861 bits per heavy atom. The molecule has 1 heterocycles. The van der Waals surface area contributed by atoms with E-state index < -0.39 is 17.7 Å². The van der Waals surface area contributed by atoms with E-state index in [1.54, 1.807) is 42.5 Å². The first kappa shape index (κ1) is 23.3. The number of carbonyl (C=O) groups excluding carboxylic acids is 3. The molecule has 36 heavy (non-hydrogen) atoms. The topological polar surface area (TPSA) is 84.5 Å². The number of anilines is 2. The second kappa shape index (κ2) is 9.67. The van der Waals surface area contributed by atoms with Crippen LogP contribution in [0.15, 0.2) is 94.7 Å². The summed E-state index contributed by atoms with van der Waals surface area (Å²) in [6.07, 6.45) is 0. The number of amides is 2. The van der Waals surface area contributed by atoms with Crippen molar-refractivity contribution in [2.75, 3.05) is 17.7 Å². The van der Waals surface area contributed by atoms with Gasteiger partial charge in [-0.15, -0.1) is 0 Å². The van der Waals surface area contributed by atoms with Gasteiger partial charge in [-0.25, -0.2) is 9.18 Å². The fraction of sp³-hybridized carbons (Fsp3) is 0.0357. The monoisotopic (exact) mass is 498 g/mol. The quantitative estimate of drug-likeness (QED) is 0.325. The Labute approximate surface area is 210 Å². The first-order chi connectivity index (χ1) is 17.4. The Morgan fingerprint density at radius 2 is 1.61 bits per heavy atom. The van der Waals surface area contributed by atoms with E-state index in [9.17, 15) is 18.8 Å². The Kier molecular flexibility index (Phi) is 6.26. The van der Waals surface area contributed by atoms with Crippen LogP contribution in [0.2, 0.25) is 0 Å². The fourth-order valence-corrected chi connectivity index (χ4v) is 4.82. The van der Waals surface area contributed by atoms with Crippen LogP contribution in [0.25, 0.3) is 11.1 Å². The Morgan fingerprint density at radius 3 is 2.39 bits per heavy atom. The average molecular weight is 499 g/mol. The molecule has 2 amide bonds. The molecule has 0 unspecified atom stereocenters. The molecule has 6 nitrogen and oxygen atoms in total. The van der Waals surface area contributed by atoms with Crippen LogP contribution in [0.4, 0.5) is 15.8 Å². The lowest BCUT2D eigenvalue weighted by molar-refractivity contribution is 0.0600. The summed E-state index contributed by atoms with van der Waals surface area (Å²) in [5.74, 6) is -1.67. The molecule has 0 saturated carbocycles. The number of ether oxygens (including phenoxy) is 1. The molecule has 1 aliphatic rings. The standard InChI is InChI=1S/C28H19FN2O4S/c1-35-28(34)17-7-5-16(6-8-17)18-3-2-4-21(13-18)30-26(32)19-9-11-25-23(14-19)31-27(33)22-15-20(29)10-12-24(22)36-25/h2-15H,1H3,(H,30,32)(H,31,33). The zero-order valence-electron chi connectivity index (χ0n) is 19.0. The largest absolute Gasteiger partial charge is 0.465 e. The third-order valence-electron chi connectivity index (χ3n) is 5.66. The van der Waals surface area contributed by atoms with Gasteiger partial charge in [-0.2, -0.15) is 0 Å². The number of halogens is 1. The molecular weight excluding hydrogens is 479 g/mol. The predicted molar refractivity (Wildman–Crippen MR) is 136 cm³/mol. The molecule has 0 atom stereocenters. The molecule has 1 aliphatic heterocycles. The number of carbonyl (C=O) groups is 3. The summed E-state index contributed by atoms with van der Waals surface area (Å²) < 4.78 is 18.4. The van der Waals surface area contributed by atoms with Gasteiger partial charge >= 0.3 is 5.97 Å². The third-order valence-corrected chi connectivity index (χ3v) is 6.81. The molecule has 178 valence electrons. The van der Waals surface area contributed by atoms with Gasteiger partial charge in [-0.1, -0.05) is 36.0 Å². The van der Waals surface area contributed by atoms with Crippen molar-refractivity contribution in [3.63, 3.8) is 0 Å². The molecule has 0 bridgehead atoms. The molecule has 0 radical (unpaired) electrons. The van der Waals surface area contributed by atoms with Gasteiger partial charge in [0.2, 0.25) is 0 Å². The molecule has 8 heteroatoms. The summed E-state index contributed by atoms with van der Waals surface area (Å²) in [4.78, 5) is 38.7. The van der Waals surface area contributed by atoms with Crippen LogP contribution in [-0.4, -0.2) is 24.9 Å². The third kappa shape index (κ3) is 4.71. The molecule has 0 aliphatic carbocycles. The van der Waals surface area contributed by atoms with Crippen molar-refractivity contribution in [3.8, 4) is 11.1 Å². The highest BCUT2D eigenvalue weighted by Gasteiger charge is 2.22. The van der Waals surface area contributed by atoms with Crippen molar-refractivity contribution in [2.24, 2.45) is 0 Å². The maximum absolute atomic E-state index is 13.6. The maximum atomic E-state index is 13.6. The van der Waals surface area contributed by atoms with Crippen LogP contribution in [0.3, 0.4) is 0 Å². The summed E-state index contributed by atoms with van der Waals surface area (Å²) >= 11 is 1.33. The second-order valence-corrected chi connectivity index (χ2v) is 9.10. The number of methoxy groups -OCH3 is 1. The number of benzene rings is 4. The maximum Gasteiger partial charge on any atom is 0.337 e. The minimum Gasteiger partial charge on any atom is -0.465 e. The highest BCUT2D eigenvalue weighted by atomic mass is 32.2. The lowest BCUT2D eigenvalue weighted by Crippen LogP contribution is -2.14. The minimum absolute atomic E-state index is 0.249. The predicted octanol–water partition coefficient (Wildman–Crippen LogP) is 6.25. The number of esters is 1. The van der Waals surface area contributed by atoms with Crippen molar-refractivity contribution < 1.29 is 23.5 Å². The van der Waals surface area contributed by atoms with E-state index in [1.165, 1.54) is 31.0 Å². The van der Waals surface area contributed by atoms with Crippen LogP contribution in [-0.2, 0) is 4.74 Å². The van der Waals surface area contributed by atoms with E-state index in [0.29, 0.717) is 27.4 Å². The molecular formula is C28H19FN2O4S. The lowest BCUT2D eigenvalue weighted by Gasteiger charge is -2.11. The van der Waals surface area contributed by atoms with Crippen molar-refractivity contribution in [1.82, 2.24) is 0 Å². The summed E-state index contributed by atoms with van der Waals surface area (Å²) in [5, 5.41) is 5.66. The molecule has 0 spiro atoms. The van der Waals surface area contributed by atoms with E-state index >= 15 is 0 Å². The van der Waals surface area contributed by atoms with Crippen molar-refractivity contribution in [3.05, 3.63) is 107 Å². The molecule has 2 N–H and O–H groups in total. The highest BCUT2D eigenvalue weighted by molar-refractivity contribution is 7.99. The van der Waals surface area contributed by atoms with E-state index in [2.05, 4.69) is 10.6 Å². The van der Waals surface area contributed by atoms with Crippen LogP contribution in [0, 0.1) is 5.82 Å². The zero-order valence-corrected chi connectivity index (χ0v) is 19.8. The summed E-state index contributed by atoms with van der Waals surface area (Å²) in [6.45, 7) is 0. The first-order valence-electron chi connectivity index (χ1n) is 10.9. The number of hydrogen-bond donors (Lipinski definition) is 2. The van der Waals surface area contributed by atoms with Gasteiger partial charge in [0.05, 0.1) is 23.9 Å². The minimum atomic E-state index is -0.489. The average Bonchev–Trinajstić information content (AvgIpc) is 3.03. The molecule has 5 rings (SSSR count). The smallest absolute Gasteiger partial charge is 0.337 e. The van der Waals surface area contributed by atoms with Crippen LogP contribution < -0.4 is 10.6 Å². The van der Waals surface area contributed by atoms with E-state index in [1.807, 2.05) is 30.3 Å². The second-order valence-electron chi connectivity index (χ2n) is 8.01. The van der Waals surface area contributed by atoms with Gasteiger partial charge in [0.15, 0.2) is 0 Å². The first-order valence-corrected chi connectivity index (χ1v) is 11.8. The van der Waals surface area contributed by atoms with Gasteiger partial charge in [0.25, 0.3) is 11.8 Å². The molecule has 0 fully saturated rings. The van der Waals surface area contributed by atoms with Gasteiger partial charge in [-0.05, 0) is 71.8 Å². The zero-order chi connectivity index (χ0) is 25.2. The summed E-state index contributed by atoms with van der Waals surface area (Å²) in [7, 11) is 1.33. The van der Waals surface area contributed by atoms with Crippen LogP contribution in [0.5, 0.6) is 0 Å². The molecule has 4 aromatic rings. The van der Waals surface area contributed by atoms with Crippen LogP contribution >= 0.6 is 11.8 Å². The van der Waals surface area contributed by atoms with Crippen molar-refractivity contribution >= 4 is 40.9 Å². The molecule has 0 aromatic heterocycles. The van der Waals surface area contributed by atoms with Crippen molar-refractivity contribution in [1.29, 1.82) is 0 Å². The van der Waals surface area contributed by atoms with Gasteiger partial charge in [0.1, 0.15) is 5.82 Å². The summed E-state index contributed by atoms with van der Waals surface area (Å²) in [6, 6.07) is 23.4. The SMILES string of the molecule is COC(=O)c1ccc(-c2cccc(NC(=O)c3ccc4c(c3)NC(=O)c3cc(F)ccc3S4)c2)cc1. The molecule has 4 aromatic carbocycles. The van der Waals surface area contributed by atoms with Gasteiger partial charge in [-0.3, -0.25) is 9.59 Å². The fourth-order valence-electron chi connectivity index (χ4n) is 3.83. The number of hydrogen-bond acceptors (Lipinski definition) is 5. The van der Waals surface area contributed by atoms with Gasteiger partial charge < -0.3 is 15.4 Å². The Bertz CT molecular complexity index is 1520. The summed E-state index contributed by atoms with van der Waals surface area (Å²) in [5.41, 5.74) is 3.87. The van der Waals surface area contributed by atoms with E-state index in [-0.39, 0.29) is 11.5 Å². The number of fused-ring (bicyclic) bond motifs is 2. The number of nitrogens with one attached hydrogen (secondary N) is 2. The van der Waals surface area contributed by atoms with Crippen LogP contribution in [0.1, 0.15) is 31.1 Å². The van der Waals surface area contributed by atoms with E-state index in [4.69, 9.17) is 4.74 Å². The number of rotatable bonds is 4. The highest BCUT2D eigenvalue weighted by Crippen LogP contribution is 2.39. The Hall–Kier alpha value is -4.43. The Balaban J connectivity index is 1.35.